The first-order valence-corrected chi connectivity index (χ1v) is 7.92. The Labute approximate surface area is 114 Å². The zero-order valence-corrected chi connectivity index (χ0v) is 12.9. The summed E-state index contributed by atoms with van der Waals surface area (Å²) in [6.07, 6.45) is 9.73. The maximum absolute atomic E-state index is 3.98. The van der Waals surface area contributed by atoms with Crippen LogP contribution in [-0.4, -0.2) is 35.1 Å². The van der Waals surface area contributed by atoms with Crippen molar-refractivity contribution in [2.45, 2.75) is 89.8 Å². The minimum absolute atomic E-state index is 0.339. The summed E-state index contributed by atoms with van der Waals surface area (Å²) in [4.78, 5) is 2.64. The first-order valence-electron chi connectivity index (χ1n) is 7.92. The van der Waals surface area contributed by atoms with Gasteiger partial charge in [-0.05, 0) is 53.4 Å². The summed E-state index contributed by atoms with van der Waals surface area (Å²) in [5, 5.41) is 3.98. The van der Waals surface area contributed by atoms with Crippen molar-refractivity contribution in [3.05, 3.63) is 0 Å². The fourth-order valence-corrected chi connectivity index (χ4v) is 3.56. The van der Waals surface area contributed by atoms with Crippen molar-refractivity contribution in [1.29, 1.82) is 0 Å². The van der Waals surface area contributed by atoms with Crippen molar-refractivity contribution in [2.75, 3.05) is 13.1 Å². The van der Waals surface area contributed by atoms with E-state index in [4.69, 9.17) is 0 Å². The summed E-state index contributed by atoms with van der Waals surface area (Å²) in [6, 6.07) is 0.796. The predicted molar refractivity (Wildman–Crippen MR) is 79.0 cm³/mol. The molecule has 2 aliphatic rings. The molecule has 0 spiro atoms. The predicted octanol–water partition coefficient (Wildman–Crippen LogP) is 3.56. The number of nitrogens with zero attached hydrogens (tertiary/aromatic N) is 1. The van der Waals surface area contributed by atoms with Gasteiger partial charge in [0.2, 0.25) is 0 Å². The third kappa shape index (κ3) is 3.71. The molecule has 1 saturated carbocycles. The molecule has 18 heavy (non-hydrogen) atoms. The van der Waals surface area contributed by atoms with E-state index >= 15 is 0 Å². The van der Waals surface area contributed by atoms with Crippen LogP contribution < -0.4 is 5.32 Å². The van der Waals surface area contributed by atoms with Gasteiger partial charge >= 0.3 is 0 Å². The Morgan fingerprint density at radius 1 is 1.00 bits per heavy atom. The molecule has 0 aromatic heterocycles. The molecule has 1 N–H and O–H groups in total. The molecule has 0 amide bonds. The van der Waals surface area contributed by atoms with Crippen molar-refractivity contribution >= 4 is 0 Å². The van der Waals surface area contributed by atoms with Crippen molar-refractivity contribution < 1.29 is 0 Å². The van der Waals surface area contributed by atoms with Gasteiger partial charge in [-0.2, -0.15) is 0 Å². The smallest absolute Gasteiger partial charge is 0.0180 e. The van der Waals surface area contributed by atoms with Crippen molar-refractivity contribution in [1.82, 2.24) is 10.2 Å². The van der Waals surface area contributed by atoms with E-state index in [0.29, 0.717) is 11.1 Å². The number of nitrogens with one attached hydrogen (secondary N) is 1. The highest BCUT2D eigenvalue weighted by molar-refractivity contribution is 4.94. The second kappa shape index (κ2) is 5.50. The number of rotatable bonds is 2. The maximum atomic E-state index is 3.98. The minimum atomic E-state index is 0.339. The summed E-state index contributed by atoms with van der Waals surface area (Å²) in [5.74, 6) is 0. The molecule has 2 fully saturated rings. The Hall–Kier alpha value is -0.0800. The van der Waals surface area contributed by atoms with E-state index in [0.717, 1.165) is 6.04 Å². The number of hydrogen-bond donors (Lipinski definition) is 1. The summed E-state index contributed by atoms with van der Waals surface area (Å²) in [5.41, 5.74) is 0.732. The number of piperidine rings is 1. The largest absolute Gasteiger partial charge is 0.309 e. The second-order valence-corrected chi connectivity index (χ2v) is 7.70. The zero-order valence-electron chi connectivity index (χ0n) is 12.9. The van der Waals surface area contributed by atoms with Crippen LogP contribution >= 0.6 is 0 Å². The quantitative estimate of drug-likeness (QED) is 0.808. The Kier molecular flexibility index (Phi) is 4.38. The molecule has 0 unspecified atom stereocenters. The number of likely N-dealkylation sites (tertiary alicyclic amines) is 1. The Morgan fingerprint density at radius 3 is 2.06 bits per heavy atom. The lowest BCUT2D eigenvalue weighted by Gasteiger charge is -2.47. The van der Waals surface area contributed by atoms with E-state index in [1.807, 2.05) is 0 Å². The highest BCUT2D eigenvalue weighted by Crippen LogP contribution is 2.29. The van der Waals surface area contributed by atoms with Crippen LogP contribution in [0.3, 0.4) is 0 Å². The molecule has 0 radical (unpaired) electrons. The Bertz CT molecular complexity index is 253. The molecule has 0 bridgehead atoms. The molecule has 1 aliphatic carbocycles. The first kappa shape index (κ1) is 14.3. The van der Waals surface area contributed by atoms with Gasteiger partial charge in [-0.25, -0.2) is 0 Å². The topological polar surface area (TPSA) is 15.3 Å². The van der Waals surface area contributed by atoms with Gasteiger partial charge in [0.25, 0.3) is 0 Å². The molecule has 2 heteroatoms. The average Bonchev–Trinajstić information content (AvgIpc) is 2.29. The average molecular weight is 252 g/mol. The molecule has 1 saturated heterocycles. The molecule has 0 aromatic rings. The molecular weight excluding hydrogens is 220 g/mol. The van der Waals surface area contributed by atoms with Gasteiger partial charge in [0.15, 0.2) is 0 Å². The standard InChI is InChI=1S/C16H32N2/c1-15(2,3)18-12-10-16(4,11-13-18)17-14-8-6-5-7-9-14/h14,17H,5-13H2,1-4H3. The van der Waals surface area contributed by atoms with Crippen LogP contribution in [0.25, 0.3) is 0 Å². The van der Waals surface area contributed by atoms with Gasteiger partial charge in [-0.1, -0.05) is 19.3 Å². The van der Waals surface area contributed by atoms with Crippen LogP contribution in [0.15, 0.2) is 0 Å². The van der Waals surface area contributed by atoms with Crippen LogP contribution in [0.5, 0.6) is 0 Å². The van der Waals surface area contributed by atoms with Crippen molar-refractivity contribution in [3.8, 4) is 0 Å². The fraction of sp³-hybridized carbons (Fsp3) is 1.00. The molecule has 1 aliphatic heterocycles. The zero-order chi connectivity index (χ0) is 13.2. The fourth-order valence-electron chi connectivity index (χ4n) is 3.56. The van der Waals surface area contributed by atoms with E-state index in [1.165, 1.54) is 58.0 Å². The summed E-state index contributed by atoms with van der Waals surface area (Å²) >= 11 is 0. The molecule has 0 atom stereocenters. The SMILES string of the molecule is CC1(NC2CCCCC2)CCN(C(C)(C)C)CC1. The van der Waals surface area contributed by atoms with Gasteiger partial charge in [0.05, 0.1) is 0 Å². The third-order valence-corrected chi connectivity index (χ3v) is 4.97. The lowest BCUT2D eigenvalue weighted by atomic mass is 9.84. The van der Waals surface area contributed by atoms with Crippen LogP contribution in [0.1, 0.15) is 72.6 Å². The number of hydrogen-bond acceptors (Lipinski definition) is 2. The van der Waals surface area contributed by atoms with E-state index in [2.05, 4.69) is 37.9 Å². The van der Waals surface area contributed by atoms with Crippen LogP contribution in [0, 0.1) is 0 Å². The van der Waals surface area contributed by atoms with Crippen LogP contribution in [-0.2, 0) is 0 Å². The van der Waals surface area contributed by atoms with Gasteiger partial charge < -0.3 is 5.32 Å². The highest BCUT2D eigenvalue weighted by Gasteiger charge is 2.35. The van der Waals surface area contributed by atoms with Crippen LogP contribution in [0.2, 0.25) is 0 Å². The first-order chi connectivity index (χ1) is 8.39. The summed E-state index contributed by atoms with van der Waals surface area (Å²) in [7, 11) is 0. The summed E-state index contributed by atoms with van der Waals surface area (Å²) < 4.78 is 0. The van der Waals surface area contributed by atoms with E-state index in [9.17, 15) is 0 Å². The summed E-state index contributed by atoms with van der Waals surface area (Å²) in [6.45, 7) is 12.0. The molecule has 2 nitrogen and oxygen atoms in total. The molecule has 0 aromatic carbocycles. The van der Waals surface area contributed by atoms with Gasteiger partial charge in [-0.3, -0.25) is 4.90 Å². The van der Waals surface area contributed by atoms with Crippen molar-refractivity contribution in [3.63, 3.8) is 0 Å². The molecule has 2 rings (SSSR count). The molecule has 1 heterocycles. The van der Waals surface area contributed by atoms with Gasteiger partial charge in [0.1, 0.15) is 0 Å². The molecular formula is C16H32N2. The second-order valence-electron chi connectivity index (χ2n) is 7.70. The normalized spacial score (nSPS) is 27.3. The monoisotopic (exact) mass is 252 g/mol. The van der Waals surface area contributed by atoms with Crippen LogP contribution in [0.4, 0.5) is 0 Å². The van der Waals surface area contributed by atoms with Crippen molar-refractivity contribution in [2.24, 2.45) is 0 Å². The lowest BCUT2D eigenvalue weighted by Crippen LogP contribution is -2.57. The highest BCUT2D eigenvalue weighted by atomic mass is 15.2. The van der Waals surface area contributed by atoms with E-state index in [1.54, 1.807) is 0 Å². The lowest BCUT2D eigenvalue weighted by molar-refractivity contribution is 0.0625. The Morgan fingerprint density at radius 2 is 1.56 bits per heavy atom. The van der Waals surface area contributed by atoms with E-state index < -0.39 is 0 Å². The minimum Gasteiger partial charge on any atom is -0.309 e. The van der Waals surface area contributed by atoms with Gasteiger partial charge in [-0.15, -0.1) is 0 Å². The van der Waals surface area contributed by atoms with Gasteiger partial charge in [0, 0.05) is 30.2 Å². The maximum Gasteiger partial charge on any atom is 0.0180 e. The van der Waals surface area contributed by atoms with E-state index in [-0.39, 0.29) is 0 Å². The molecule has 106 valence electrons. The third-order valence-electron chi connectivity index (χ3n) is 4.97. The Balaban J connectivity index is 1.83.